The normalized spacial score (nSPS) is 12.0. The molecule has 10 rings (SSSR count). The van der Waals surface area contributed by atoms with E-state index in [0.717, 1.165) is 67.7 Å². The van der Waals surface area contributed by atoms with Gasteiger partial charge in [0.1, 0.15) is 0 Å². The number of imidazole rings is 1. The lowest BCUT2D eigenvalue weighted by molar-refractivity contribution is 1.05. The number of para-hydroxylation sites is 2. The van der Waals surface area contributed by atoms with Gasteiger partial charge in [-0.25, -0.2) is 15.0 Å². The highest BCUT2D eigenvalue weighted by atomic mass is 15.3. The van der Waals surface area contributed by atoms with Crippen LogP contribution < -0.4 is 4.90 Å². The van der Waals surface area contributed by atoms with Crippen molar-refractivity contribution in [1.29, 1.82) is 0 Å². The van der Waals surface area contributed by atoms with Crippen molar-refractivity contribution in [3.63, 3.8) is 0 Å². The number of aromatic nitrogens is 4. The van der Waals surface area contributed by atoms with E-state index in [1.165, 1.54) is 16.3 Å². The Morgan fingerprint density at radius 3 is 1.64 bits per heavy atom. The van der Waals surface area contributed by atoms with Crippen LogP contribution in [0.1, 0.15) is 0 Å². The van der Waals surface area contributed by atoms with Crippen LogP contribution in [0, 0.1) is 0 Å². The van der Waals surface area contributed by atoms with Gasteiger partial charge in [-0.2, -0.15) is 0 Å². The van der Waals surface area contributed by atoms with Gasteiger partial charge in [-0.15, -0.1) is 0 Å². The Bertz CT molecular complexity index is 2640. The second kappa shape index (κ2) is 11.4. The second-order valence-electron chi connectivity index (χ2n) is 12.5. The molecule has 7 aromatic carbocycles. The molecule has 234 valence electrons. The molecule has 0 N–H and O–H groups in total. The maximum absolute atomic E-state index is 5.36. The van der Waals surface area contributed by atoms with E-state index >= 15 is 0 Å². The molecule has 0 fully saturated rings. The van der Waals surface area contributed by atoms with Gasteiger partial charge < -0.3 is 0 Å². The zero-order chi connectivity index (χ0) is 33.0. The zero-order valence-corrected chi connectivity index (χ0v) is 27.0. The van der Waals surface area contributed by atoms with Crippen molar-refractivity contribution >= 4 is 39.1 Å². The summed E-state index contributed by atoms with van der Waals surface area (Å²) in [4.78, 5) is 17.7. The van der Waals surface area contributed by atoms with Crippen LogP contribution in [0.15, 0.2) is 176 Å². The number of hydrogen-bond acceptors (Lipinski definition) is 4. The van der Waals surface area contributed by atoms with E-state index in [0.29, 0.717) is 5.82 Å². The van der Waals surface area contributed by atoms with E-state index in [1.807, 2.05) is 36.4 Å². The molecule has 2 aromatic heterocycles. The summed E-state index contributed by atoms with van der Waals surface area (Å²) in [5, 5.41) is 2.36. The van der Waals surface area contributed by atoms with Gasteiger partial charge in [0.15, 0.2) is 5.82 Å². The maximum Gasteiger partial charge on any atom is 0.220 e. The Labute approximate surface area is 289 Å². The largest absolute Gasteiger partial charge is 0.280 e. The average molecular weight is 640 g/mol. The molecular weight excluding hydrogens is 611 g/mol. The van der Waals surface area contributed by atoms with Gasteiger partial charge in [0.25, 0.3) is 0 Å². The van der Waals surface area contributed by atoms with Crippen molar-refractivity contribution in [1.82, 2.24) is 19.5 Å². The van der Waals surface area contributed by atoms with Crippen molar-refractivity contribution in [2.75, 3.05) is 4.90 Å². The average Bonchev–Trinajstić information content (AvgIpc) is 3.49. The lowest BCUT2D eigenvalue weighted by Crippen LogP contribution is -2.14. The minimum Gasteiger partial charge on any atom is -0.280 e. The molecule has 50 heavy (non-hydrogen) atoms. The number of fused-ring (bicyclic) bond motifs is 8. The molecule has 3 heterocycles. The third-order valence-electron chi connectivity index (χ3n) is 9.53. The molecule has 0 saturated carbocycles. The molecular formula is C45H29N5. The highest BCUT2D eigenvalue weighted by molar-refractivity contribution is 6.01. The smallest absolute Gasteiger partial charge is 0.220 e. The van der Waals surface area contributed by atoms with Crippen LogP contribution >= 0.6 is 0 Å². The fraction of sp³-hybridized carbons (Fsp3) is 0. The summed E-state index contributed by atoms with van der Waals surface area (Å²) in [7, 11) is 0. The van der Waals surface area contributed by atoms with Crippen LogP contribution in [0.2, 0.25) is 0 Å². The van der Waals surface area contributed by atoms with Crippen molar-refractivity contribution < 1.29 is 0 Å². The SMILES string of the molecule is c1ccc(-c2cc(-c3ccc(N4c5ccccc5-c5ccccc5-n5c4nc4cc6ccccc6cc45)cc3)nc(-c3ccccc3)n2)cc1. The Morgan fingerprint density at radius 1 is 0.400 bits per heavy atom. The van der Waals surface area contributed by atoms with E-state index in [9.17, 15) is 0 Å². The first-order valence-electron chi connectivity index (χ1n) is 16.8. The number of anilines is 3. The van der Waals surface area contributed by atoms with Crippen LogP contribution in [-0.2, 0) is 0 Å². The summed E-state index contributed by atoms with van der Waals surface area (Å²) in [6.07, 6.45) is 0. The summed E-state index contributed by atoms with van der Waals surface area (Å²) in [6, 6.07) is 61.4. The predicted octanol–water partition coefficient (Wildman–Crippen LogP) is 11.4. The number of hydrogen-bond donors (Lipinski definition) is 0. The topological polar surface area (TPSA) is 46.8 Å². The molecule has 0 aliphatic carbocycles. The van der Waals surface area contributed by atoms with Crippen molar-refractivity contribution in [2.45, 2.75) is 0 Å². The van der Waals surface area contributed by atoms with Gasteiger partial charge in [0, 0.05) is 33.5 Å². The molecule has 0 radical (unpaired) electrons. The molecule has 1 aliphatic rings. The highest BCUT2D eigenvalue weighted by Crippen LogP contribution is 2.48. The summed E-state index contributed by atoms with van der Waals surface area (Å²) >= 11 is 0. The molecule has 0 saturated heterocycles. The van der Waals surface area contributed by atoms with Crippen molar-refractivity contribution in [3.05, 3.63) is 176 Å². The van der Waals surface area contributed by atoms with Crippen LogP contribution in [0.4, 0.5) is 17.3 Å². The summed E-state index contributed by atoms with van der Waals surface area (Å²) in [5.41, 5.74) is 12.3. The lowest BCUT2D eigenvalue weighted by Gasteiger charge is -2.24. The molecule has 5 heteroatoms. The third kappa shape index (κ3) is 4.60. The van der Waals surface area contributed by atoms with E-state index in [1.54, 1.807) is 0 Å². The maximum atomic E-state index is 5.36. The quantitative estimate of drug-likeness (QED) is 0.192. The predicted molar refractivity (Wildman–Crippen MR) is 204 cm³/mol. The zero-order valence-electron chi connectivity index (χ0n) is 27.0. The molecule has 5 nitrogen and oxygen atoms in total. The summed E-state index contributed by atoms with van der Waals surface area (Å²) < 4.78 is 2.31. The van der Waals surface area contributed by atoms with Crippen LogP contribution in [-0.4, -0.2) is 19.5 Å². The minimum absolute atomic E-state index is 0.700. The van der Waals surface area contributed by atoms with Gasteiger partial charge in [0.2, 0.25) is 5.95 Å². The summed E-state index contributed by atoms with van der Waals surface area (Å²) in [5.74, 6) is 1.55. The van der Waals surface area contributed by atoms with Crippen molar-refractivity contribution in [2.24, 2.45) is 0 Å². The molecule has 9 aromatic rings. The van der Waals surface area contributed by atoms with Gasteiger partial charge >= 0.3 is 0 Å². The Hall–Kier alpha value is -6.85. The first-order chi connectivity index (χ1) is 24.8. The van der Waals surface area contributed by atoms with Gasteiger partial charge in [0.05, 0.1) is 33.8 Å². The second-order valence-corrected chi connectivity index (χ2v) is 12.5. The number of nitrogens with zero attached hydrogens (tertiary/aromatic N) is 5. The lowest BCUT2D eigenvalue weighted by atomic mass is 10.0. The third-order valence-corrected chi connectivity index (χ3v) is 9.53. The highest BCUT2D eigenvalue weighted by Gasteiger charge is 2.29. The molecule has 1 aliphatic heterocycles. The van der Waals surface area contributed by atoms with Crippen molar-refractivity contribution in [3.8, 4) is 50.7 Å². The fourth-order valence-corrected chi connectivity index (χ4v) is 7.14. The first kappa shape index (κ1) is 28.2. The van der Waals surface area contributed by atoms with E-state index in [-0.39, 0.29) is 0 Å². The molecule has 0 bridgehead atoms. The van der Waals surface area contributed by atoms with Gasteiger partial charge in [-0.3, -0.25) is 9.47 Å². The van der Waals surface area contributed by atoms with Crippen LogP contribution in [0.3, 0.4) is 0 Å². The minimum atomic E-state index is 0.700. The van der Waals surface area contributed by atoms with Crippen LogP contribution in [0.25, 0.3) is 72.5 Å². The molecule has 0 spiro atoms. The van der Waals surface area contributed by atoms with Gasteiger partial charge in [-0.05, 0) is 53.2 Å². The Kier molecular flexibility index (Phi) is 6.42. The van der Waals surface area contributed by atoms with E-state index < -0.39 is 0 Å². The fourth-order valence-electron chi connectivity index (χ4n) is 7.14. The number of benzene rings is 7. The first-order valence-corrected chi connectivity index (χ1v) is 16.8. The van der Waals surface area contributed by atoms with E-state index in [2.05, 4.69) is 149 Å². The monoisotopic (exact) mass is 639 g/mol. The summed E-state index contributed by atoms with van der Waals surface area (Å²) in [6.45, 7) is 0. The van der Waals surface area contributed by atoms with E-state index in [4.69, 9.17) is 15.0 Å². The Morgan fingerprint density at radius 2 is 0.940 bits per heavy atom. The molecule has 0 atom stereocenters. The van der Waals surface area contributed by atoms with Crippen LogP contribution in [0.5, 0.6) is 0 Å². The standard InChI is InChI=1S/C45H29N5/c1-3-13-30(14-4-1)38-29-39(47-44(46-38)32-15-5-2-6-16-32)31-23-25-35(26-24-31)49-41-21-11-9-19-36(41)37-20-10-12-22-42(37)50-43-28-34-18-8-7-17-33(34)27-40(43)48-45(49)50/h1-29H. The molecule has 0 unspecified atom stereocenters. The molecule has 0 amide bonds. The Balaban J connectivity index is 1.16. The number of rotatable bonds is 4. The van der Waals surface area contributed by atoms with Gasteiger partial charge in [-0.1, -0.05) is 133 Å².